The number of hydrogen-bond donors (Lipinski definition) is 0. The maximum atomic E-state index is 12.9. The highest BCUT2D eigenvalue weighted by molar-refractivity contribution is 6.42. The average Bonchev–Trinajstić information content (AvgIpc) is 2.54. The van der Waals surface area contributed by atoms with Gasteiger partial charge in [-0.25, -0.2) is 4.90 Å². The number of halogens is 1. The normalized spacial score (nSPS) is 13.8. The van der Waals surface area contributed by atoms with Gasteiger partial charge in [-0.15, -0.1) is 0 Å². The van der Waals surface area contributed by atoms with E-state index in [1.807, 2.05) is 24.3 Å². The standard InChI is InChI=1S/C18H10ClNO2/c19-14-10-9-11-5-4-8-13-15(11)16(14)18(22)20(17(13)21)12-6-2-1-3-7-12/h1-10H. The second-order valence-electron chi connectivity index (χ2n) is 5.11. The Labute approximate surface area is 131 Å². The Balaban J connectivity index is 2.06. The molecule has 22 heavy (non-hydrogen) atoms. The summed E-state index contributed by atoms with van der Waals surface area (Å²) in [6.45, 7) is 0. The minimum Gasteiger partial charge on any atom is -0.268 e. The summed E-state index contributed by atoms with van der Waals surface area (Å²) in [6.07, 6.45) is 0. The van der Waals surface area contributed by atoms with E-state index in [4.69, 9.17) is 11.6 Å². The molecule has 0 saturated heterocycles. The van der Waals surface area contributed by atoms with Crippen LogP contribution in [0.5, 0.6) is 0 Å². The van der Waals surface area contributed by atoms with Crippen LogP contribution in [0, 0.1) is 0 Å². The van der Waals surface area contributed by atoms with E-state index in [1.54, 1.807) is 36.4 Å². The van der Waals surface area contributed by atoms with Crippen molar-refractivity contribution in [1.29, 1.82) is 0 Å². The van der Waals surface area contributed by atoms with Crippen LogP contribution in [-0.4, -0.2) is 11.8 Å². The van der Waals surface area contributed by atoms with Crippen LogP contribution in [0.4, 0.5) is 5.69 Å². The molecule has 4 rings (SSSR count). The molecule has 4 heteroatoms. The van der Waals surface area contributed by atoms with E-state index in [0.717, 1.165) is 5.39 Å². The van der Waals surface area contributed by atoms with Crippen molar-refractivity contribution in [3.05, 3.63) is 76.8 Å². The fourth-order valence-corrected chi connectivity index (χ4v) is 3.12. The summed E-state index contributed by atoms with van der Waals surface area (Å²) in [5, 5.41) is 1.84. The molecule has 0 bridgehead atoms. The molecule has 0 aliphatic carbocycles. The zero-order chi connectivity index (χ0) is 15.3. The van der Waals surface area contributed by atoms with Gasteiger partial charge in [0.2, 0.25) is 0 Å². The van der Waals surface area contributed by atoms with E-state index in [-0.39, 0.29) is 11.8 Å². The zero-order valence-electron chi connectivity index (χ0n) is 11.4. The van der Waals surface area contributed by atoms with Gasteiger partial charge < -0.3 is 0 Å². The van der Waals surface area contributed by atoms with E-state index in [2.05, 4.69) is 0 Å². The first kappa shape index (κ1) is 13.0. The number of nitrogens with zero attached hydrogens (tertiary/aromatic N) is 1. The van der Waals surface area contributed by atoms with Gasteiger partial charge >= 0.3 is 0 Å². The van der Waals surface area contributed by atoms with Gasteiger partial charge in [-0.1, -0.05) is 48.0 Å². The van der Waals surface area contributed by atoms with Gasteiger partial charge in [0.15, 0.2) is 0 Å². The summed E-state index contributed by atoms with van der Waals surface area (Å²) in [6, 6.07) is 17.8. The molecule has 3 aromatic carbocycles. The number of amides is 2. The molecule has 0 spiro atoms. The lowest BCUT2D eigenvalue weighted by Crippen LogP contribution is -2.40. The summed E-state index contributed by atoms with van der Waals surface area (Å²) in [7, 11) is 0. The minimum atomic E-state index is -0.384. The van der Waals surface area contributed by atoms with Crippen LogP contribution < -0.4 is 4.90 Å². The number of imide groups is 1. The van der Waals surface area contributed by atoms with Crippen LogP contribution in [0.2, 0.25) is 5.02 Å². The Bertz CT molecular complexity index is 934. The lowest BCUT2D eigenvalue weighted by molar-refractivity contribution is 0.0893. The van der Waals surface area contributed by atoms with Gasteiger partial charge in [0, 0.05) is 10.9 Å². The molecule has 1 aliphatic heterocycles. The lowest BCUT2D eigenvalue weighted by Gasteiger charge is -2.27. The number of rotatable bonds is 1. The summed E-state index contributed by atoms with van der Waals surface area (Å²) in [5.74, 6) is -0.706. The Morgan fingerprint density at radius 2 is 1.55 bits per heavy atom. The summed E-state index contributed by atoms with van der Waals surface area (Å²) in [5.41, 5.74) is 1.43. The predicted octanol–water partition coefficient (Wildman–Crippen LogP) is 4.29. The molecular formula is C18H10ClNO2. The van der Waals surface area contributed by atoms with Crippen LogP contribution >= 0.6 is 11.6 Å². The summed E-state index contributed by atoms with van der Waals surface area (Å²) in [4.78, 5) is 26.8. The molecule has 0 aromatic heterocycles. The molecule has 0 atom stereocenters. The molecule has 3 aromatic rings. The van der Waals surface area contributed by atoms with Gasteiger partial charge in [-0.3, -0.25) is 9.59 Å². The van der Waals surface area contributed by atoms with Crippen LogP contribution in [0.3, 0.4) is 0 Å². The number of carbonyl (C=O) groups is 2. The smallest absolute Gasteiger partial charge is 0.267 e. The van der Waals surface area contributed by atoms with E-state index in [1.165, 1.54) is 4.90 Å². The molecule has 106 valence electrons. The Kier molecular flexibility index (Phi) is 2.78. The number of carbonyl (C=O) groups excluding carboxylic acids is 2. The van der Waals surface area contributed by atoms with Crippen LogP contribution in [0.25, 0.3) is 10.8 Å². The van der Waals surface area contributed by atoms with E-state index in [0.29, 0.717) is 27.2 Å². The average molecular weight is 308 g/mol. The third-order valence-electron chi connectivity index (χ3n) is 3.86. The SMILES string of the molecule is O=C1c2cccc3ccc(Cl)c(c23)C(=O)N1c1ccccc1. The first-order chi connectivity index (χ1) is 10.7. The van der Waals surface area contributed by atoms with Crippen molar-refractivity contribution in [2.75, 3.05) is 4.90 Å². The highest BCUT2D eigenvalue weighted by Gasteiger charge is 2.35. The minimum absolute atomic E-state index is 0.323. The molecule has 0 radical (unpaired) electrons. The second kappa shape index (κ2) is 4.68. The van der Waals surface area contributed by atoms with Crippen molar-refractivity contribution in [1.82, 2.24) is 0 Å². The van der Waals surface area contributed by atoms with Gasteiger partial charge in [0.05, 0.1) is 16.3 Å². The molecule has 1 aliphatic rings. The second-order valence-corrected chi connectivity index (χ2v) is 5.51. The Morgan fingerprint density at radius 3 is 2.32 bits per heavy atom. The number of hydrogen-bond acceptors (Lipinski definition) is 2. The van der Waals surface area contributed by atoms with E-state index in [9.17, 15) is 9.59 Å². The summed E-state index contributed by atoms with van der Waals surface area (Å²) >= 11 is 6.25. The highest BCUT2D eigenvalue weighted by Crippen LogP contribution is 2.36. The topological polar surface area (TPSA) is 37.4 Å². The lowest BCUT2D eigenvalue weighted by atomic mass is 9.93. The van der Waals surface area contributed by atoms with Gasteiger partial charge in [0.1, 0.15) is 0 Å². The number of para-hydroxylation sites is 1. The molecule has 1 heterocycles. The molecule has 0 saturated carbocycles. The van der Waals surface area contributed by atoms with Crippen LogP contribution in [0.1, 0.15) is 20.7 Å². The highest BCUT2D eigenvalue weighted by atomic mass is 35.5. The maximum Gasteiger partial charge on any atom is 0.267 e. The fraction of sp³-hybridized carbons (Fsp3) is 0. The first-order valence-electron chi connectivity index (χ1n) is 6.83. The number of anilines is 1. The Hall–Kier alpha value is -2.65. The molecular weight excluding hydrogens is 298 g/mol. The van der Waals surface area contributed by atoms with Crippen molar-refractivity contribution in [3.63, 3.8) is 0 Å². The quantitative estimate of drug-likeness (QED) is 0.629. The van der Waals surface area contributed by atoms with Crippen molar-refractivity contribution in [2.45, 2.75) is 0 Å². The summed E-state index contributed by atoms with van der Waals surface area (Å²) < 4.78 is 0. The fourth-order valence-electron chi connectivity index (χ4n) is 2.88. The largest absolute Gasteiger partial charge is 0.268 e. The third-order valence-corrected chi connectivity index (χ3v) is 4.17. The van der Waals surface area contributed by atoms with Crippen molar-refractivity contribution in [3.8, 4) is 0 Å². The van der Waals surface area contributed by atoms with E-state index >= 15 is 0 Å². The maximum absolute atomic E-state index is 12.9. The first-order valence-corrected chi connectivity index (χ1v) is 7.21. The van der Waals surface area contributed by atoms with Crippen LogP contribution in [0.15, 0.2) is 60.7 Å². The van der Waals surface area contributed by atoms with Crippen molar-refractivity contribution in [2.24, 2.45) is 0 Å². The number of benzene rings is 3. The Morgan fingerprint density at radius 1 is 0.773 bits per heavy atom. The van der Waals surface area contributed by atoms with E-state index < -0.39 is 0 Å². The van der Waals surface area contributed by atoms with Crippen LogP contribution in [-0.2, 0) is 0 Å². The molecule has 0 unspecified atom stereocenters. The molecule has 2 amide bonds. The molecule has 0 N–H and O–H groups in total. The van der Waals surface area contributed by atoms with Crippen molar-refractivity contribution >= 4 is 39.9 Å². The molecule has 3 nitrogen and oxygen atoms in total. The third kappa shape index (κ3) is 1.69. The van der Waals surface area contributed by atoms with Gasteiger partial charge in [0.25, 0.3) is 11.8 Å². The monoisotopic (exact) mass is 307 g/mol. The van der Waals surface area contributed by atoms with Crippen molar-refractivity contribution < 1.29 is 9.59 Å². The van der Waals surface area contributed by atoms with Gasteiger partial charge in [-0.2, -0.15) is 0 Å². The predicted molar refractivity (Wildman–Crippen MR) is 86.5 cm³/mol. The van der Waals surface area contributed by atoms with Gasteiger partial charge in [-0.05, 0) is 29.7 Å². The zero-order valence-corrected chi connectivity index (χ0v) is 12.2. The molecule has 0 fully saturated rings.